The zero-order valence-electron chi connectivity index (χ0n) is 21.2. The molecule has 2 atom stereocenters. The molecule has 2 aromatic rings. The molecule has 1 heterocycles. The van der Waals surface area contributed by atoms with Gasteiger partial charge in [0, 0.05) is 14.8 Å². The summed E-state index contributed by atoms with van der Waals surface area (Å²) in [6.45, 7) is 11.0. The van der Waals surface area contributed by atoms with E-state index in [4.69, 9.17) is 31.1 Å². The van der Waals surface area contributed by atoms with Crippen molar-refractivity contribution < 1.29 is 22.6 Å². The lowest BCUT2D eigenvalue weighted by molar-refractivity contribution is -0.137. The lowest BCUT2D eigenvalue weighted by Gasteiger charge is -2.34. The van der Waals surface area contributed by atoms with Gasteiger partial charge in [-0.25, -0.2) is 9.98 Å². The first kappa shape index (κ1) is 28.4. The van der Waals surface area contributed by atoms with Gasteiger partial charge in [0.25, 0.3) is 0 Å². The van der Waals surface area contributed by atoms with E-state index in [9.17, 15) is 13.2 Å². The third-order valence-electron chi connectivity index (χ3n) is 5.83. The smallest absolute Gasteiger partial charge is 0.416 e. The van der Waals surface area contributed by atoms with Crippen molar-refractivity contribution in [3.05, 3.63) is 58.6 Å². The van der Waals surface area contributed by atoms with Crippen LogP contribution in [0.4, 0.5) is 13.2 Å². The van der Waals surface area contributed by atoms with Crippen LogP contribution in [0, 0.1) is 5.92 Å². The molecule has 4 nitrogen and oxygen atoms in total. The average Bonchev–Trinajstić information content (AvgIpc) is 2.80. The molecule has 1 unspecified atom stereocenters. The van der Waals surface area contributed by atoms with Gasteiger partial charge in [-0.05, 0) is 75.4 Å². The molecule has 0 spiro atoms. The Hall–Kier alpha value is -2.19. The summed E-state index contributed by atoms with van der Waals surface area (Å²) in [5.74, 6) is 1.43. The van der Waals surface area contributed by atoms with Crippen LogP contribution in [0.2, 0.25) is 5.02 Å². The Balaban J connectivity index is 1.77. The molecule has 1 aliphatic heterocycles. The highest BCUT2D eigenvalue weighted by atomic mass is 35.5. The highest BCUT2D eigenvalue weighted by Gasteiger charge is 2.40. The molecular weight excluding hydrogens is 509 g/mol. The molecule has 36 heavy (non-hydrogen) atoms. The summed E-state index contributed by atoms with van der Waals surface area (Å²) in [5.41, 5.74) is -0.448. The maximum atomic E-state index is 13.0. The maximum absolute atomic E-state index is 13.0. The Morgan fingerprint density at radius 1 is 1.06 bits per heavy atom. The zero-order chi connectivity index (χ0) is 26.5. The Kier molecular flexibility index (Phi) is 9.39. The van der Waals surface area contributed by atoms with E-state index in [2.05, 4.69) is 13.8 Å². The summed E-state index contributed by atoms with van der Waals surface area (Å²) in [6, 6.07) is 10.6. The summed E-state index contributed by atoms with van der Waals surface area (Å²) in [6.07, 6.45) is -3.16. The van der Waals surface area contributed by atoms with Crippen LogP contribution in [0.1, 0.15) is 52.2 Å². The van der Waals surface area contributed by atoms with E-state index in [0.29, 0.717) is 47.8 Å². The number of alkyl halides is 3. The third kappa shape index (κ3) is 6.97. The minimum Gasteiger partial charge on any atom is -0.480 e. The van der Waals surface area contributed by atoms with Gasteiger partial charge in [-0.3, -0.25) is 0 Å². The van der Waals surface area contributed by atoms with Gasteiger partial charge in [-0.1, -0.05) is 49.3 Å². The molecule has 0 N–H and O–H groups in total. The molecule has 1 aliphatic rings. The summed E-state index contributed by atoms with van der Waals surface area (Å²) in [4.78, 5) is 11.1. The van der Waals surface area contributed by atoms with Crippen molar-refractivity contribution in [1.82, 2.24) is 0 Å². The van der Waals surface area contributed by atoms with Crippen LogP contribution in [-0.2, 0) is 22.1 Å². The van der Waals surface area contributed by atoms with Gasteiger partial charge in [0.15, 0.2) is 0 Å². The standard InChI is InChI=1S/C27H32ClF3N2O2S/c1-6-34-24-23(17(3)4)32-25(35-7-2)26(5,33-24)14-13-18-11-12-21(16-22(18)28)36-20-10-8-9-19(15-20)27(29,30)31/h8-12,15-17,23H,6-7,13-14H2,1-5H3/t23-,26?/m0/s1. The van der Waals surface area contributed by atoms with Crippen LogP contribution in [0.3, 0.4) is 0 Å². The van der Waals surface area contributed by atoms with E-state index in [0.717, 1.165) is 22.6 Å². The molecule has 0 aliphatic carbocycles. The average molecular weight is 541 g/mol. The van der Waals surface area contributed by atoms with E-state index in [1.54, 1.807) is 12.1 Å². The number of hydrogen-bond acceptors (Lipinski definition) is 5. The molecular formula is C27H32ClF3N2O2S. The van der Waals surface area contributed by atoms with Crippen molar-refractivity contribution >= 4 is 35.2 Å². The van der Waals surface area contributed by atoms with E-state index in [-0.39, 0.29) is 12.0 Å². The number of aryl methyl sites for hydroxylation is 1. The number of aliphatic imine (C=N–C) groups is 2. The van der Waals surface area contributed by atoms with Crippen molar-refractivity contribution in [2.24, 2.45) is 15.9 Å². The number of ether oxygens (including phenoxy) is 2. The van der Waals surface area contributed by atoms with Crippen LogP contribution in [0.5, 0.6) is 0 Å². The third-order valence-corrected chi connectivity index (χ3v) is 7.17. The molecule has 0 saturated heterocycles. The van der Waals surface area contributed by atoms with E-state index >= 15 is 0 Å². The predicted molar refractivity (Wildman–Crippen MR) is 140 cm³/mol. The van der Waals surface area contributed by atoms with Crippen molar-refractivity contribution in [2.75, 3.05) is 13.2 Å². The second-order valence-corrected chi connectivity index (χ2v) is 10.6. The summed E-state index contributed by atoms with van der Waals surface area (Å²) in [5, 5.41) is 0.551. The molecule has 3 rings (SSSR count). The Morgan fingerprint density at radius 3 is 2.36 bits per heavy atom. The van der Waals surface area contributed by atoms with Gasteiger partial charge in [0.1, 0.15) is 11.6 Å². The fourth-order valence-electron chi connectivity index (χ4n) is 3.91. The van der Waals surface area contributed by atoms with Crippen molar-refractivity contribution in [3.63, 3.8) is 0 Å². The van der Waals surface area contributed by atoms with Gasteiger partial charge >= 0.3 is 6.18 Å². The number of hydrogen-bond donors (Lipinski definition) is 0. The molecule has 196 valence electrons. The second-order valence-electron chi connectivity index (χ2n) is 9.09. The molecule has 0 fully saturated rings. The molecule has 0 aromatic heterocycles. The minimum atomic E-state index is -4.38. The number of nitrogens with zero attached hydrogens (tertiary/aromatic N) is 2. The van der Waals surface area contributed by atoms with E-state index < -0.39 is 17.3 Å². The minimum absolute atomic E-state index is 0.185. The largest absolute Gasteiger partial charge is 0.480 e. The summed E-state index contributed by atoms with van der Waals surface area (Å²) < 4.78 is 50.9. The first-order valence-electron chi connectivity index (χ1n) is 12.0. The first-order chi connectivity index (χ1) is 17.0. The van der Waals surface area contributed by atoms with Crippen molar-refractivity contribution in [2.45, 2.75) is 75.0 Å². The molecule has 2 aromatic carbocycles. The van der Waals surface area contributed by atoms with Gasteiger partial charge < -0.3 is 9.47 Å². The topological polar surface area (TPSA) is 43.2 Å². The highest BCUT2D eigenvalue weighted by Crippen LogP contribution is 2.36. The lowest BCUT2D eigenvalue weighted by Crippen LogP contribution is -2.45. The van der Waals surface area contributed by atoms with Gasteiger partial charge in [0.05, 0.1) is 18.8 Å². The van der Waals surface area contributed by atoms with Crippen LogP contribution in [-0.4, -0.2) is 36.6 Å². The maximum Gasteiger partial charge on any atom is 0.416 e. The van der Waals surface area contributed by atoms with Crippen molar-refractivity contribution in [3.8, 4) is 0 Å². The molecule has 9 heteroatoms. The fourth-order valence-corrected chi connectivity index (χ4v) is 5.17. The first-order valence-corrected chi connectivity index (χ1v) is 13.2. The Morgan fingerprint density at radius 2 is 1.75 bits per heavy atom. The number of halogens is 4. The highest BCUT2D eigenvalue weighted by molar-refractivity contribution is 7.99. The Labute approximate surface area is 220 Å². The normalized spacial score (nSPS) is 20.2. The van der Waals surface area contributed by atoms with E-state index in [1.807, 2.05) is 32.9 Å². The summed E-state index contributed by atoms with van der Waals surface area (Å²) in [7, 11) is 0. The monoisotopic (exact) mass is 540 g/mol. The van der Waals surface area contributed by atoms with Crippen LogP contribution < -0.4 is 0 Å². The molecule has 0 bridgehead atoms. The molecule has 0 saturated carbocycles. The Bertz CT molecular complexity index is 1120. The van der Waals surface area contributed by atoms with Gasteiger partial charge in [0.2, 0.25) is 11.8 Å². The second kappa shape index (κ2) is 11.9. The number of benzene rings is 2. The van der Waals surface area contributed by atoms with Crippen LogP contribution in [0.25, 0.3) is 0 Å². The SMILES string of the molecule is CCOC1=NC(C)(CCc2ccc(Sc3cccc(C(F)(F)F)c3)cc2Cl)C(OCC)=N[C@H]1C(C)C. The lowest BCUT2D eigenvalue weighted by atomic mass is 9.90. The fraction of sp³-hybridized carbons (Fsp3) is 0.481. The molecule has 0 radical (unpaired) electrons. The number of rotatable bonds is 8. The van der Waals surface area contributed by atoms with Gasteiger partial charge in [-0.15, -0.1) is 0 Å². The van der Waals surface area contributed by atoms with Crippen LogP contribution in [0.15, 0.2) is 62.2 Å². The van der Waals surface area contributed by atoms with Gasteiger partial charge in [-0.2, -0.15) is 13.2 Å². The van der Waals surface area contributed by atoms with Crippen molar-refractivity contribution in [1.29, 1.82) is 0 Å². The van der Waals surface area contributed by atoms with Crippen LogP contribution >= 0.6 is 23.4 Å². The molecule has 0 amide bonds. The quantitative estimate of drug-likeness (QED) is 0.339. The predicted octanol–water partition coefficient (Wildman–Crippen LogP) is 8.11. The van der Waals surface area contributed by atoms with E-state index in [1.165, 1.54) is 17.8 Å². The zero-order valence-corrected chi connectivity index (χ0v) is 22.7. The summed E-state index contributed by atoms with van der Waals surface area (Å²) >= 11 is 7.83.